The van der Waals surface area contributed by atoms with Crippen molar-refractivity contribution in [1.29, 1.82) is 0 Å². The molecule has 0 radical (unpaired) electrons. The number of likely N-dealkylation sites (tertiary alicyclic amines) is 1. The van der Waals surface area contributed by atoms with E-state index in [1.807, 2.05) is 6.07 Å². The van der Waals surface area contributed by atoms with Gasteiger partial charge in [0, 0.05) is 19.3 Å². The highest BCUT2D eigenvalue weighted by atomic mass is 16.3. The molecule has 1 amide bonds. The van der Waals surface area contributed by atoms with E-state index < -0.39 is 0 Å². The van der Waals surface area contributed by atoms with Gasteiger partial charge in [0.15, 0.2) is 0 Å². The minimum atomic E-state index is -0.0691. The van der Waals surface area contributed by atoms with Gasteiger partial charge < -0.3 is 15.3 Å². The highest BCUT2D eigenvalue weighted by Crippen LogP contribution is 2.25. The maximum atomic E-state index is 12.4. The Balaban J connectivity index is 2.05. The number of hydrogen-bond donors (Lipinski definition) is 2. The average molecular weight is 277 g/mol. The first-order valence-electron chi connectivity index (χ1n) is 7.29. The summed E-state index contributed by atoms with van der Waals surface area (Å²) in [6, 6.07) is 3.56. The molecule has 1 fully saturated rings. The molecule has 1 saturated heterocycles. The van der Waals surface area contributed by atoms with E-state index in [2.05, 4.69) is 24.1 Å². The monoisotopic (exact) mass is 277 g/mol. The summed E-state index contributed by atoms with van der Waals surface area (Å²) >= 11 is 0. The lowest BCUT2D eigenvalue weighted by molar-refractivity contribution is 0.0648. The van der Waals surface area contributed by atoms with Crippen LogP contribution in [0.4, 0.5) is 5.82 Å². The van der Waals surface area contributed by atoms with Crippen LogP contribution in [0.2, 0.25) is 0 Å². The molecule has 1 aliphatic rings. The molecule has 0 saturated carbocycles. The molecule has 0 aromatic carbocycles. The number of nitrogens with one attached hydrogen (secondary N) is 1. The van der Waals surface area contributed by atoms with Crippen LogP contribution < -0.4 is 5.32 Å². The second-order valence-corrected chi connectivity index (χ2v) is 5.37. The summed E-state index contributed by atoms with van der Waals surface area (Å²) < 4.78 is 0. The molecule has 1 aromatic rings. The van der Waals surface area contributed by atoms with Crippen LogP contribution in [0.3, 0.4) is 0 Å². The molecule has 2 unspecified atom stereocenters. The van der Waals surface area contributed by atoms with Crippen LogP contribution in [-0.2, 0) is 0 Å². The van der Waals surface area contributed by atoms with Gasteiger partial charge in [-0.25, -0.2) is 4.98 Å². The van der Waals surface area contributed by atoms with Crippen molar-refractivity contribution in [3.8, 4) is 0 Å². The summed E-state index contributed by atoms with van der Waals surface area (Å²) in [6.45, 7) is 5.77. The van der Waals surface area contributed by atoms with Gasteiger partial charge in [0.2, 0.25) is 0 Å². The van der Waals surface area contributed by atoms with Gasteiger partial charge >= 0.3 is 0 Å². The lowest BCUT2D eigenvalue weighted by Gasteiger charge is -2.25. The van der Waals surface area contributed by atoms with E-state index in [9.17, 15) is 9.90 Å². The van der Waals surface area contributed by atoms with E-state index in [0.717, 1.165) is 25.2 Å². The van der Waals surface area contributed by atoms with E-state index in [4.69, 9.17) is 0 Å². The first-order chi connectivity index (χ1) is 9.67. The number of anilines is 1. The summed E-state index contributed by atoms with van der Waals surface area (Å²) in [6.07, 6.45) is 3.59. The topological polar surface area (TPSA) is 65.5 Å². The molecule has 0 bridgehead atoms. The van der Waals surface area contributed by atoms with E-state index in [-0.39, 0.29) is 18.6 Å². The molecule has 110 valence electrons. The van der Waals surface area contributed by atoms with Crippen molar-refractivity contribution in [3.05, 3.63) is 23.9 Å². The minimum Gasteiger partial charge on any atom is -0.394 e. The van der Waals surface area contributed by atoms with Gasteiger partial charge in [-0.2, -0.15) is 0 Å². The Morgan fingerprint density at radius 2 is 2.35 bits per heavy atom. The quantitative estimate of drug-likeness (QED) is 0.860. The predicted octanol–water partition coefficient (Wildman–Crippen LogP) is 1.75. The van der Waals surface area contributed by atoms with Crippen molar-refractivity contribution < 1.29 is 9.90 Å². The third-order valence-electron chi connectivity index (χ3n) is 3.90. The van der Waals surface area contributed by atoms with Gasteiger partial charge in [0.25, 0.3) is 5.91 Å². The zero-order valence-corrected chi connectivity index (χ0v) is 12.2. The number of rotatable bonds is 5. The summed E-state index contributed by atoms with van der Waals surface area (Å²) in [5, 5.41) is 12.6. The van der Waals surface area contributed by atoms with Crippen molar-refractivity contribution in [2.24, 2.45) is 5.92 Å². The Morgan fingerprint density at radius 3 is 2.95 bits per heavy atom. The SMILES string of the molecule is CCCNc1ccc(C(=O)N2CCC(C)C2CO)cn1. The van der Waals surface area contributed by atoms with E-state index in [1.165, 1.54) is 0 Å². The van der Waals surface area contributed by atoms with Gasteiger partial charge in [-0.3, -0.25) is 4.79 Å². The molecule has 1 aliphatic heterocycles. The number of aromatic nitrogens is 1. The van der Waals surface area contributed by atoms with Crippen LogP contribution in [0.25, 0.3) is 0 Å². The van der Waals surface area contributed by atoms with Crippen LogP contribution >= 0.6 is 0 Å². The highest BCUT2D eigenvalue weighted by Gasteiger charge is 2.34. The molecule has 2 heterocycles. The maximum absolute atomic E-state index is 12.4. The standard InChI is InChI=1S/C15H23N3O2/c1-3-7-16-14-5-4-12(9-17-14)15(20)18-8-6-11(2)13(18)10-19/h4-5,9,11,13,19H,3,6-8,10H2,1-2H3,(H,16,17). The molecule has 1 aromatic heterocycles. The molecule has 5 heteroatoms. The van der Waals surface area contributed by atoms with Crippen LogP contribution in [0.15, 0.2) is 18.3 Å². The van der Waals surface area contributed by atoms with Crippen molar-refractivity contribution in [3.63, 3.8) is 0 Å². The van der Waals surface area contributed by atoms with Gasteiger partial charge in [0.1, 0.15) is 5.82 Å². The normalized spacial score (nSPS) is 22.1. The number of amides is 1. The second-order valence-electron chi connectivity index (χ2n) is 5.37. The highest BCUT2D eigenvalue weighted by molar-refractivity contribution is 5.94. The summed E-state index contributed by atoms with van der Waals surface area (Å²) in [5.74, 6) is 1.10. The van der Waals surface area contributed by atoms with Crippen molar-refractivity contribution in [1.82, 2.24) is 9.88 Å². The molecular weight excluding hydrogens is 254 g/mol. The summed E-state index contributed by atoms with van der Waals surface area (Å²) in [4.78, 5) is 18.5. The first kappa shape index (κ1) is 14.8. The minimum absolute atomic E-state index is 0.0243. The molecular formula is C15H23N3O2. The van der Waals surface area contributed by atoms with Crippen LogP contribution in [-0.4, -0.2) is 46.6 Å². The zero-order valence-electron chi connectivity index (χ0n) is 12.2. The summed E-state index contributed by atoms with van der Waals surface area (Å²) in [7, 11) is 0. The number of carbonyl (C=O) groups is 1. The Kier molecular flexibility index (Phi) is 4.95. The maximum Gasteiger partial charge on any atom is 0.255 e. The third kappa shape index (κ3) is 3.10. The number of aliphatic hydroxyl groups excluding tert-OH is 1. The fourth-order valence-corrected chi connectivity index (χ4v) is 2.58. The molecule has 5 nitrogen and oxygen atoms in total. The number of pyridine rings is 1. The van der Waals surface area contributed by atoms with E-state index in [1.54, 1.807) is 17.2 Å². The Hall–Kier alpha value is -1.62. The third-order valence-corrected chi connectivity index (χ3v) is 3.90. The number of hydrogen-bond acceptors (Lipinski definition) is 4. The van der Waals surface area contributed by atoms with Gasteiger partial charge in [-0.05, 0) is 30.9 Å². The van der Waals surface area contributed by atoms with Crippen molar-refractivity contribution in [2.45, 2.75) is 32.7 Å². The smallest absolute Gasteiger partial charge is 0.255 e. The Bertz CT molecular complexity index is 447. The first-order valence-corrected chi connectivity index (χ1v) is 7.29. The number of aliphatic hydroxyl groups is 1. The lowest BCUT2D eigenvalue weighted by atomic mass is 10.0. The number of carbonyl (C=O) groups excluding carboxylic acids is 1. The van der Waals surface area contributed by atoms with Gasteiger partial charge in [-0.15, -0.1) is 0 Å². The van der Waals surface area contributed by atoms with Gasteiger partial charge in [-0.1, -0.05) is 13.8 Å². The van der Waals surface area contributed by atoms with E-state index in [0.29, 0.717) is 18.0 Å². The van der Waals surface area contributed by atoms with Crippen LogP contribution in [0.5, 0.6) is 0 Å². The average Bonchev–Trinajstić information content (AvgIpc) is 2.85. The largest absolute Gasteiger partial charge is 0.394 e. The van der Waals surface area contributed by atoms with Gasteiger partial charge in [0.05, 0.1) is 18.2 Å². The fourth-order valence-electron chi connectivity index (χ4n) is 2.58. The predicted molar refractivity (Wildman–Crippen MR) is 78.7 cm³/mol. The molecule has 0 spiro atoms. The van der Waals surface area contributed by atoms with Crippen LogP contribution in [0.1, 0.15) is 37.0 Å². The molecule has 2 atom stereocenters. The Labute approximate surface area is 120 Å². The number of nitrogens with zero attached hydrogens (tertiary/aromatic N) is 2. The van der Waals surface area contributed by atoms with Crippen LogP contribution in [0, 0.1) is 5.92 Å². The molecule has 0 aliphatic carbocycles. The summed E-state index contributed by atoms with van der Waals surface area (Å²) in [5.41, 5.74) is 0.583. The second kappa shape index (κ2) is 6.70. The molecule has 20 heavy (non-hydrogen) atoms. The molecule has 2 N–H and O–H groups in total. The molecule has 2 rings (SSSR count). The fraction of sp³-hybridized carbons (Fsp3) is 0.600. The Morgan fingerprint density at radius 1 is 1.55 bits per heavy atom. The lowest BCUT2D eigenvalue weighted by Crippen LogP contribution is -2.39. The zero-order chi connectivity index (χ0) is 14.5. The van der Waals surface area contributed by atoms with E-state index >= 15 is 0 Å². The van der Waals surface area contributed by atoms with Crippen molar-refractivity contribution in [2.75, 3.05) is 25.0 Å². The van der Waals surface area contributed by atoms with Crippen molar-refractivity contribution >= 4 is 11.7 Å².